The number of nitrogens with zero attached hydrogens (tertiary/aromatic N) is 3. The van der Waals surface area contributed by atoms with E-state index in [0.29, 0.717) is 12.3 Å². The third kappa shape index (κ3) is 6.54. The van der Waals surface area contributed by atoms with E-state index in [1.54, 1.807) is 6.07 Å². The summed E-state index contributed by atoms with van der Waals surface area (Å²) in [5.41, 5.74) is 0.867. The number of hydrogen-bond donors (Lipinski definition) is 2. The summed E-state index contributed by atoms with van der Waals surface area (Å²) in [6.07, 6.45) is -2.66. The summed E-state index contributed by atoms with van der Waals surface area (Å²) in [5, 5.41) is 12.7. The smallest absolute Gasteiger partial charge is 0.274 e. The van der Waals surface area contributed by atoms with Crippen LogP contribution in [0.5, 0.6) is 5.75 Å². The second-order valence-electron chi connectivity index (χ2n) is 6.94. The van der Waals surface area contributed by atoms with Crippen molar-refractivity contribution in [3.05, 3.63) is 71.3 Å². The maximum absolute atomic E-state index is 13.5. The number of nitrogens with one attached hydrogen (secondary N) is 2. The summed E-state index contributed by atoms with van der Waals surface area (Å²) < 4.78 is 50.0. The first kappa shape index (κ1) is 24.7. The molecule has 3 aromatic rings. The Morgan fingerprint density at radius 3 is 2.53 bits per heavy atom. The molecule has 0 aliphatic heterocycles. The lowest BCUT2D eigenvalue weighted by molar-refractivity contribution is 0.0891. The summed E-state index contributed by atoms with van der Waals surface area (Å²) in [6, 6.07) is 11.4. The van der Waals surface area contributed by atoms with Gasteiger partial charge in [-0.1, -0.05) is 11.3 Å². The molecule has 0 fully saturated rings. The highest BCUT2D eigenvalue weighted by molar-refractivity contribution is 5.94. The van der Waals surface area contributed by atoms with E-state index in [0.717, 1.165) is 0 Å². The van der Waals surface area contributed by atoms with Crippen molar-refractivity contribution in [2.24, 2.45) is 0 Å². The van der Waals surface area contributed by atoms with Gasteiger partial charge in [-0.05, 0) is 36.4 Å². The summed E-state index contributed by atoms with van der Waals surface area (Å²) in [5.74, 6) is -1.41. The Hall–Kier alpha value is -3.93. The molecule has 12 heteroatoms. The van der Waals surface area contributed by atoms with Gasteiger partial charge in [0.1, 0.15) is 23.9 Å². The number of methoxy groups -OCH3 is 1. The highest BCUT2D eigenvalue weighted by atomic mass is 19.3. The zero-order chi connectivity index (χ0) is 24.5. The third-order valence-electron chi connectivity index (χ3n) is 4.53. The van der Waals surface area contributed by atoms with Crippen LogP contribution in [0.2, 0.25) is 0 Å². The molecule has 2 amide bonds. The van der Waals surface area contributed by atoms with E-state index in [9.17, 15) is 22.8 Å². The number of ether oxygens (including phenoxy) is 2. The van der Waals surface area contributed by atoms with Crippen molar-refractivity contribution in [2.45, 2.75) is 13.0 Å². The van der Waals surface area contributed by atoms with Crippen LogP contribution in [0, 0.1) is 5.82 Å². The van der Waals surface area contributed by atoms with Gasteiger partial charge in [0.15, 0.2) is 5.69 Å². The van der Waals surface area contributed by atoms with Gasteiger partial charge in [-0.25, -0.2) is 17.9 Å². The molecule has 1 aromatic heterocycles. The Labute approximate surface area is 192 Å². The number of alkyl halides is 2. The monoisotopic (exact) mass is 477 g/mol. The number of benzene rings is 2. The van der Waals surface area contributed by atoms with E-state index in [4.69, 9.17) is 9.47 Å². The van der Waals surface area contributed by atoms with Crippen molar-refractivity contribution in [3.8, 4) is 11.4 Å². The maximum atomic E-state index is 13.5. The van der Waals surface area contributed by atoms with Crippen LogP contribution in [0.1, 0.15) is 26.5 Å². The van der Waals surface area contributed by atoms with Crippen LogP contribution in [-0.2, 0) is 11.3 Å². The minimum absolute atomic E-state index is 0.00809. The number of carbonyl (C=O) groups is 2. The normalized spacial score (nSPS) is 10.9. The molecular weight excluding hydrogens is 455 g/mol. The van der Waals surface area contributed by atoms with E-state index in [1.165, 1.54) is 54.3 Å². The third-order valence-corrected chi connectivity index (χ3v) is 4.53. The number of carbonyl (C=O) groups excluding carboxylic acids is 2. The van der Waals surface area contributed by atoms with E-state index < -0.39 is 30.6 Å². The molecule has 9 nitrogen and oxygen atoms in total. The lowest BCUT2D eigenvalue weighted by Gasteiger charge is -2.11. The van der Waals surface area contributed by atoms with Crippen molar-refractivity contribution in [1.82, 2.24) is 25.6 Å². The summed E-state index contributed by atoms with van der Waals surface area (Å²) in [7, 11) is 1.50. The molecule has 0 aliphatic rings. The Bertz CT molecular complexity index is 1120. The average molecular weight is 477 g/mol. The molecular formula is C22H22F3N5O4. The van der Waals surface area contributed by atoms with Crippen molar-refractivity contribution in [3.63, 3.8) is 0 Å². The fourth-order valence-electron chi connectivity index (χ4n) is 2.90. The van der Waals surface area contributed by atoms with Crippen LogP contribution in [0.15, 0.2) is 48.5 Å². The first-order chi connectivity index (χ1) is 16.4. The van der Waals surface area contributed by atoms with Gasteiger partial charge >= 0.3 is 0 Å². The predicted molar refractivity (Wildman–Crippen MR) is 115 cm³/mol. The van der Waals surface area contributed by atoms with Crippen molar-refractivity contribution >= 4 is 11.8 Å². The molecule has 0 saturated carbocycles. The van der Waals surface area contributed by atoms with Gasteiger partial charge in [0, 0.05) is 25.3 Å². The minimum atomic E-state index is -2.66. The fraction of sp³-hybridized carbons (Fsp3) is 0.273. The SMILES string of the molecule is COCCNC(=O)c1nnn(-c2ccc(C(=O)NCC(F)F)cc2)c1COc1cccc(F)c1. The summed E-state index contributed by atoms with van der Waals surface area (Å²) in [6.45, 7) is -0.383. The number of rotatable bonds is 11. The zero-order valence-electron chi connectivity index (χ0n) is 18.1. The molecule has 0 aliphatic carbocycles. The Balaban J connectivity index is 1.85. The lowest BCUT2D eigenvalue weighted by atomic mass is 10.2. The Morgan fingerprint density at radius 1 is 1.09 bits per heavy atom. The van der Waals surface area contributed by atoms with Gasteiger partial charge in [0.25, 0.3) is 18.2 Å². The van der Waals surface area contributed by atoms with E-state index in [-0.39, 0.29) is 35.9 Å². The Kier molecular flexibility index (Phi) is 8.57. The molecule has 1 heterocycles. The molecule has 2 N–H and O–H groups in total. The molecule has 0 unspecified atom stereocenters. The standard InChI is InChI=1S/C22H22F3N5O4/c1-33-10-9-26-22(32)20-18(13-34-17-4-2-3-15(23)11-17)30(29-28-20)16-7-5-14(6-8-16)21(31)27-12-19(24)25/h2-8,11,19H,9-10,12-13H2,1H3,(H,26,32)(H,27,31). The van der Waals surface area contributed by atoms with Crippen LogP contribution < -0.4 is 15.4 Å². The van der Waals surface area contributed by atoms with Crippen LogP contribution in [0.4, 0.5) is 13.2 Å². The predicted octanol–water partition coefficient (Wildman–Crippen LogP) is 2.36. The average Bonchev–Trinajstić information content (AvgIpc) is 3.25. The molecule has 0 atom stereocenters. The molecule has 0 radical (unpaired) electrons. The van der Waals surface area contributed by atoms with Gasteiger partial charge in [0.2, 0.25) is 0 Å². The van der Waals surface area contributed by atoms with Crippen molar-refractivity contribution < 1.29 is 32.2 Å². The van der Waals surface area contributed by atoms with Gasteiger partial charge in [-0.2, -0.15) is 0 Å². The van der Waals surface area contributed by atoms with Crippen LogP contribution in [-0.4, -0.2) is 60.0 Å². The topological polar surface area (TPSA) is 107 Å². The number of amides is 2. The highest BCUT2D eigenvalue weighted by Crippen LogP contribution is 2.19. The zero-order valence-corrected chi connectivity index (χ0v) is 18.1. The quantitative estimate of drug-likeness (QED) is 0.411. The minimum Gasteiger partial charge on any atom is -0.487 e. The van der Waals surface area contributed by atoms with Crippen LogP contribution in [0.3, 0.4) is 0 Å². The van der Waals surface area contributed by atoms with Gasteiger partial charge in [0.05, 0.1) is 18.8 Å². The second-order valence-corrected chi connectivity index (χ2v) is 6.94. The number of halogens is 3. The summed E-state index contributed by atoms with van der Waals surface area (Å²) in [4.78, 5) is 24.6. The first-order valence-corrected chi connectivity index (χ1v) is 10.2. The second kappa shape index (κ2) is 11.8. The van der Waals surface area contributed by atoms with E-state index in [1.807, 2.05) is 0 Å². The van der Waals surface area contributed by atoms with Gasteiger partial charge < -0.3 is 20.1 Å². The van der Waals surface area contributed by atoms with Crippen molar-refractivity contribution in [1.29, 1.82) is 0 Å². The van der Waals surface area contributed by atoms with Gasteiger partial charge in [-0.15, -0.1) is 5.10 Å². The van der Waals surface area contributed by atoms with E-state index >= 15 is 0 Å². The van der Waals surface area contributed by atoms with Crippen molar-refractivity contribution in [2.75, 3.05) is 26.8 Å². The first-order valence-electron chi connectivity index (χ1n) is 10.2. The van der Waals surface area contributed by atoms with Gasteiger partial charge in [-0.3, -0.25) is 9.59 Å². The molecule has 0 spiro atoms. The molecule has 180 valence electrons. The molecule has 0 bridgehead atoms. The summed E-state index contributed by atoms with van der Waals surface area (Å²) >= 11 is 0. The maximum Gasteiger partial charge on any atom is 0.274 e. The molecule has 2 aromatic carbocycles. The molecule has 34 heavy (non-hydrogen) atoms. The highest BCUT2D eigenvalue weighted by Gasteiger charge is 2.21. The molecule has 0 saturated heterocycles. The lowest BCUT2D eigenvalue weighted by Crippen LogP contribution is -2.28. The largest absolute Gasteiger partial charge is 0.487 e. The fourth-order valence-corrected chi connectivity index (χ4v) is 2.90. The Morgan fingerprint density at radius 2 is 1.85 bits per heavy atom. The molecule has 3 rings (SSSR count). The van der Waals surface area contributed by atoms with Crippen LogP contribution >= 0.6 is 0 Å². The number of hydrogen-bond acceptors (Lipinski definition) is 6. The van der Waals surface area contributed by atoms with Crippen LogP contribution in [0.25, 0.3) is 5.69 Å². The van der Waals surface area contributed by atoms with E-state index in [2.05, 4.69) is 20.9 Å². The number of aromatic nitrogens is 3.